The Bertz CT molecular complexity index is 384. The van der Waals surface area contributed by atoms with Gasteiger partial charge < -0.3 is 9.84 Å². The second-order valence-corrected chi connectivity index (χ2v) is 5.09. The molecule has 0 radical (unpaired) electrons. The molecule has 0 fully saturated rings. The fourth-order valence-electron chi connectivity index (χ4n) is 2.00. The molecule has 1 aromatic rings. The Hall–Kier alpha value is -1.35. The fourth-order valence-corrected chi connectivity index (χ4v) is 2.00. The molecule has 0 saturated heterocycles. The van der Waals surface area contributed by atoms with E-state index in [0.717, 1.165) is 5.56 Å². The molecule has 0 heterocycles. The average molecular weight is 250 g/mol. The number of aliphatic hydroxyl groups is 1. The van der Waals surface area contributed by atoms with Gasteiger partial charge in [-0.3, -0.25) is 4.79 Å². The van der Waals surface area contributed by atoms with Crippen LogP contribution < -0.4 is 0 Å². The highest BCUT2D eigenvalue weighted by atomic mass is 16.5. The number of carbonyl (C=O) groups excluding carboxylic acids is 1. The third kappa shape index (κ3) is 3.10. The fraction of sp³-hybridized carbons (Fsp3) is 0.533. The minimum Gasteiger partial charge on any atom is -0.466 e. The molecule has 0 saturated carbocycles. The van der Waals surface area contributed by atoms with Crippen LogP contribution in [-0.2, 0) is 9.53 Å². The van der Waals surface area contributed by atoms with Crippen LogP contribution in [0.1, 0.15) is 39.2 Å². The molecule has 1 aromatic carbocycles. The van der Waals surface area contributed by atoms with Crippen molar-refractivity contribution in [1.29, 1.82) is 0 Å². The number of rotatable bonds is 5. The van der Waals surface area contributed by atoms with E-state index in [1.165, 1.54) is 0 Å². The number of ether oxygens (including phenoxy) is 1. The minimum absolute atomic E-state index is 0.120. The Morgan fingerprint density at radius 2 is 1.89 bits per heavy atom. The van der Waals surface area contributed by atoms with E-state index in [9.17, 15) is 9.90 Å². The van der Waals surface area contributed by atoms with Crippen LogP contribution in [0.15, 0.2) is 30.3 Å². The Labute approximate surface area is 109 Å². The molecule has 1 rings (SSSR count). The molecule has 1 N–H and O–H groups in total. The molecular formula is C15H22O3. The second-order valence-electron chi connectivity index (χ2n) is 5.09. The van der Waals surface area contributed by atoms with Gasteiger partial charge in [0.05, 0.1) is 18.1 Å². The van der Waals surface area contributed by atoms with Gasteiger partial charge in [-0.15, -0.1) is 0 Å². The molecule has 3 nitrogen and oxygen atoms in total. The smallest absolute Gasteiger partial charge is 0.314 e. The van der Waals surface area contributed by atoms with Crippen molar-refractivity contribution < 1.29 is 14.6 Å². The largest absolute Gasteiger partial charge is 0.466 e. The first-order valence-electron chi connectivity index (χ1n) is 6.31. The highest BCUT2D eigenvalue weighted by Gasteiger charge is 2.40. The van der Waals surface area contributed by atoms with Crippen LogP contribution in [0.25, 0.3) is 0 Å². The van der Waals surface area contributed by atoms with Crippen LogP contribution in [0.5, 0.6) is 0 Å². The molecule has 0 aliphatic carbocycles. The van der Waals surface area contributed by atoms with Crippen molar-refractivity contribution in [2.45, 2.75) is 39.7 Å². The van der Waals surface area contributed by atoms with E-state index in [1.807, 2.05) is 37.3 Å². The lowest BCUT2D eigenvalue weighted by Gasteiger charge is -2.32. The summed E-state index contributed by atoms with van der Waals surface area (Å²) in [6, 6.07) is 9.69. The van der Waals surface area contributed by atoms with Crippen LogP contribution in [0.4, 0.5) is 0 Å². The van der Waals surface area contributed by atoms with Gasteiger partial charge in [-0.2, -0.15) is 0 Å². The number of hydrogen-bond donors (Lipinski definition) is 1. The normalized spacial score (nSPS) is 14.9. The van der Waals surface area contributed by atoms with Crippen molar-refractivity contribution in [3.05, 3.63) is 35.9 Å². The number of aliphatic hydroxyl groups excluding tert-OH is 1. The molecule has 0 amide bonds. The van der Waals surface area contributed by atoms with E-state index < -0.39 is 11.5 Å². The van der Waals surface area contributed by atoms with Crippen molar-refractivity contribution in [3.8, 4) is 0 Å². The molecule has 2 atom stereocenters. The molecule has 0 bridgehead atoms. The monoisotopic (exact) mass is 250 g/mol. The highest BCUT2D eigenvalue weighted by molar-refractivity contribution is 5.76. The van der Waals surface area contributed by atoms with Crippen molar-refractivity contribution in [2.75, 3.05) is 6.61 Å². The summed E-state index contributed by atoms with van der Waals surface area (Å²) in [6.07, 6.45) is -0.779. The quantitative estimate of drug-likeness (QED) is 0.817. The summed E-state index contributed by atoms with van der Waals surface area (Å²) < 4.78 is 5.01. The molecule has 3 heteroatoms. The maximum Gasteiger partial charge on any atom is 0.314 e. The van der Waals surface area contributed by atoms with Gasteiger partial charge in [0, 0.05) is 5.92 Å². The molecule has 0 unspecified atom stereocenters. The number of benzene rings is 1. The van der Waals surface area contributed by atoms with E-state index in [-0.39, 0.29) is 11.9 Å². The standard InChI is InChI=1S/C15H22O3/c1-5-18-14(17)15(3,4)13(16)11(2)12-9-7-6-8-10-12/h6-11,13,16H,5H2,1-4H3/t11-,13+/m0/s1. The third-order valence-electron chi connectivity index (χ3n) is 3.34. The van der Waals surface area contributed by atoms with Crippen molar-refractivity contribution >= 4 is 5.97 Å². The van der Waals surface area contributed by atoms with Gasteiger partial charge in [0.15, 0.2) is 0 Å². The lowest BCUT2D eigenvalue weighted by Crippen LogP contribution is -2.41. The van der Waals surface area contributed by atoms with Crippen LogP contribution in [0, 0.1) is 5.41 Å². The van der Waals surface area contributed by atoms with Gasteiger partial charge in [-0.25, -0.2) is 0 Å². The number of esters is 1. The summed E-state index contributed by atoms with van der Waals surface area (Å²) in [5, 5.41) is 10.4. The van der Waals surface area contributed by atoms with E-state index in [2.05, 4.69) is 0 Å². The molecule has 100 valence electrons. The Balaban J connectivity index is 2.86. The topological polar surface area (TPSA) is 46.5 Å². The zero-order chi connectivity index (χ0) is 13.8. The predicted octanol–water partition coefficient (Wildman–Crippen LogP) is 2.74. The Kier molecular flexibility index (Phi) is 4.91. The Morgan fingerprint density at radius 1 is 1.33 bits per heavy atom. The van der Waals surface area contributed by atoms with Crippen LogP contribution in [0.2, 0.25) is 0 Å². The Morgan fingerprint density at radius 3 is 2.39 bits per heavy atom. The summed E-state index contributed by atoms with van der Waals surface area (Å²) in [6.45, 7) is 7.45. The molecule has 0 aliphatic rings. The van der Waals surface area contributed by atoms with Gasteiger partial charge in [0.1, 0.15) is 0 Å². The zero-order valence-electron chi connectivity index (χ0n) is 11.5. The minimum atomic E-state index is -0.911. The molecular weight excluding hydrogens is 228 g/mol. The van der Waals surface area contributed by atoms with E-state index in [0.29, 0.717) is 6.61 Å². The van der Waals surface area contributed by atoms with Gasteiger partial charge in [0.2, 0.25) is 0 Å². The van der Waals surface area contributed by atoms with Crippen LogP contribution in [0.3, 0.4) is 0 Å². The van der Waals surface area contributed by atoms with E-state index >= 15 is 0 Å². The van der Waals surface area contributed by atoms with Gasteiger partial charge in [0.25, 0.3) is 0 Å². The molecule has 0 aliphatic heterocycles. The molecule has 18 heavy (non-hydrogen) atoms. The van der Waals surface area contributed by atoms with Crippen LogP contribution >= 0.6 is 0 Å². The van der Waals surface area contributed by atoms with E-state index in [4.69, 9.17) is 4.74 Å². The maximum absolute atomic E-state index is 11.9. The van der Waals surface area contributed by atoms with Gasteiger partial charge in [-0.05, 0) is 26.3 Å². The SMILES string of the molecule is CCOC(=O)C(C)(C)[C@H](O)[C@@H](C)c1ccccc1. The first-order chi connectivity index (χ1) is 8.41. The lowest BCUT2D eigenvalue weighted by molar-refractivity contribution is -0.160. The highest BCUT2D eigenvalue weighted by Crippen LogP contribution is 2.33. The van der Waals surface area contributed by atoms with Gasteiger partial charge >= 0.3 is 5.97 Å². The number of hydrogen-bond acceptors (Lipinski definition) is 3. The summed E-state index contributed by atoms with van der Waals surface area (Å²) in [4.78, 5) is 11.9. The summed E-state index contributed by atoms with van der Waals surface area (Å²) in [5.41, 5.74) is 0.105. The zero-order valence-corrected chi connectivity index (χ0v) is 11.5. The van der Waals surface area contributed by atoms with E-state index in [1.54, 1.807) is 20.8 Å². The van der Waals surface area contributed by atoms with Crippen molar-refractivity contribution in [1.82, 2.24) is 0 Å². The summed E-state index contributed by atoms with van der Waals surface area (Å²) >= 11 is 0. The first kappa shape index (κ1) is 14.7. The lowest BCUT2D eigenvalue weighted by atomic mass is 9.77. The molecule has 0 spiro atoms. The molecule has 0 aromatic heterocycles. The summed E-state index contributed by atoms with van der Waals surface area (Å²) in [5.74, 6) is -0.481. The predicted molar refractivity (Wildman–Crippen MR) is 71.3 cm³/mol. The van der Waals surface area contributed by atoms with Gasteiger partial charge in [-0.1, -0.05) is 37.3 Å². The first-order valence-corrected chi connectivity index (χ1v) is 6.31. The third-order valence-corrected chi connectivity index (χ3v) is 3.34. The van der Waals surface area contributed by atoms with Crippen molar-refractivity contribution in [3.63, 3.8) is 0 Å². The maximum atomic E-state index is 11.9. The van der Waals surface area contributed by atoms with Crippen LogP contribution in [-0.4, -0.2) is 23.8 Å². The van der Waals surface area contributed by atoms with Crippen molar-refractivity contribution in [2.24, 2.45) is 5.41 Å². The average Bonchev–Trinajstić information content (AvgIpc) is 2.38. The summed E-state index contributed by atoms with van der Waals surface area (Å²) in [7, 11) is 0. The number of carbonyl (C=O) groups is 1. The second kappa shape index (κ2) is 6.01.